The summed E-state index contributed by atoms with van der Waals surface area (Å²) in [5.41, 5.74) is 2.00. The van der Waals surface area contributed by atoms with Crippen LogP contribution in [0.1, 0.15) is 24.1 Å². The largest absolute Gasteiger partial charge is 0.370 e. The van der Waals surface area contributed by atoms with Gasteiger partial charge in [0.1, 0.15) is 0 Å². The van der Waals surface area contributed by atoms with Crippen LogP contribution in [0.15, 0.2) is 41.8 Å². The zero-order valence-electron chi connectivity index (χ0n) is 12.5. The van der Waals surface area contributed by atoms with Crippen molar-refractivity contribution in [2.75, 3.05) is 23.3 Å². The van der Waals surface area contributed by atoms with Crippen LogP contribution < -0.4 is 15.5 Å². The summed E-state index contributed by atoms with van der Waals surface area (Å²) >= 11 is 1.65. The smallest absolute Gasteiger partial charge is 0.319 e. The molecule has 0 spiro atoms. The van der Waals surface area contributed by atoms with Gasteiger partial charge in [-0.15, -0.1) is 11.3 Å². The molecule has 2 heterocycles. The molecule has 1 aromatic carbocycles. The van der Waals surface area contributed by atoms with Crippen molar-refractivity contribution in [3.8, 4) is 0 Å². The van der Waals surface area contributed by atoms with E-state index >= 15 is 0 Å². The summed E-state index contributed by atoms with van der Waals surface area (Å²) in [4.78, 5) is 15.6. The third-order valence-corrected chi connectivity index (χ3v) is 4.73. The molecular formula is C17H21N3OS. The molecule has 3 rings (SSSR count). The lowest BCUT2D eigenvalue weighted by molar-refractivity contribution is 0.252. The number of benzene rings is 1. The Kier molecular flexibility index (Phi) is 4.96. The Hall–Kier alpha value is -2.01. The maximum atomic E-state index is 12.1. The van der Waals surface area contributed by atoms with Crippen molar-refractivity contribution in [2.45, 2.75) is 25.8 Å². The number of para-hydroxylation sites is 2. The SMILES string of the molecule is O=C(NCc1cccs1)Nc1ccccc1N1CCCCC1. The van der Waals surface area contributed by atoms with Crippen molar-refractivity contribution in [3.63, 3.8) is 0 Å². The van der Waals surface area contributed by atoms with Crippen molar-refractivity contribution in [3.05, 3.63) is 46.7 Å². The monoisotopic (exact) mass is 315 g/mol. The van der Waals surface area contributed by atoms with Gasteiger partial charge in [-0.1, -0.05) is 18.2 Å². The fraction of sp³-hybridized carbons (Fsp3) is 0.353. The number of nitrogens with one attached hydrogen (secondary N) is 2. The molecule has 1 saturated heterocycles. The molecule has 4 nitrogen and oxygen atoms in total. The average Bonchev–Trinajstić information content (AvgIpc) is 3.08. The number of carbonyl (C=O) groups excluding carboxylic acids is 1. The van der Waals surface area contributed by atoms with Crippen LogP contribution in [-0.2, 0) is 6.54 Å². The second-order valence-corrected chi connectivity index (χ2v) is 6.48. The zero-order valence-corrected chi connectivity index (χ0v) is 13.4. The molecule has 1 aromatic heterocycles. The van der Waals surface area contributed by atoms with Gasteiger partial charge in [0.25, 0.3) is 0 Å². The summed E-state index contributed by atoms with van der Waals surface area (Å²) in [5.74, 6) is 0. The van der Waals surface area contributed by atoms with E-state index in [2.05, 4.69) is 21.6 Å². The highest BCUT2D eigenvalue weighted by atomic mass is 32.1. The standard InChI is InChI=1S/C17H21N3OS/c21-17(18-13-14-7-6-12-22-14)19-15-8-2-3-9-16(15)20-10-4-1-5-11-20/h2-3,6-9,12H,1,4-5,10-11,13H2,(H2,18,19,21). The lowest BCUT2D eigenvalue weighted by Gasteiger charge is -2.30. The van der Waals surface area contributed by atoms with Crippen LogP contribution in [0.2, 0.25) is 0 Å². The van der Waals surface area contributed by atoms with Gasteiger partial charge in [-0.2, -0.15) is 0 Å². The summed E-state index contributed by atoms with van der Waals surface area (Å²) in [5, 5.41) is 7.90. The van der Waals surface area contributed by atoms with Gasteiger partial charge in [-0.05, 0) is 42.8 Å². The molecule has 0 radical (unpaired) electrons. The molecule has 5 heteroatoms. The van der Waals surface area contributed by atoms with Crippen molar-refractivity contribution in [2.24, 2.45) is 0 Å². The Balaban J connectivity index is 1.62. The quantitative estimate of drug-likeness (QED) is 0.893. The maximum absolute atomic E-state index is 12.1. The minimum absolute atomic E-state index is 0.155. The molecule has 2 N–H and O–H groups in total. The molecule has 22 heavy (non-hydrogen) atoms. The van der Waals surface area contributed by atoms with E-state index in [9.17, 15) is 4.79 Å². The van der Waals surface area contributed by atoms with Crippen LogP contribution in [0.5, 0.6) is 0 Å². The zero-order chi connectivity index (χ0) is 15.2. The number of carbonyl (C=O) groups is 1. The number of hydrogen-bond acceptors (Lipinski definition) is 3. The third kappa shape index (κ3) is 3.80. The molecule has 0 unspecified atom stereocenters. The minimum Gasteiger partial charge on any atom is -0.370 e. The summed E-state index contributed by atoms with van der Waals surface area (Å²) in [6, 6.07) is 11.9. The van der Waals surface area contributed by atoms with Crippen molar-refractivity contribution < 1.29 is 4.79 Å². The van der Waals surface area contributed by atoms with Gasteiger partial charge in [0.15, 0.2) is 0 Å². The fourth-order valence-electron chi connectivity index (χ4n) is 2.74. The molecule has 0 atom stereocenters. The van der Waals surface area contributed by atoms with Gasteiger partial charge >= 0.3 is 6.03 Å². The predicted molar refractivity (Wildman–Crippen MR) is 92.7 cm³/mol. The van der Waals surface area contributed by atoms with E-state index in [1.165, 1.54) is 19.3 Å². The van der Waals surface area contributed by atoms with E-state index in [0.29, 0.717) is 6.54 Å². The molecule has 116 valence electrons. The van der Waals surface area contributed by atoms with Crippen LogP contribution in [0.3, 0.4) is 0 Å². The normalized spacial score (nSPS) is 14.6. The minimum atomic E-state index is -0.155. The molecule has 1 aliphatic rings. The Labute approximate surface area is 135 Å². The molecule has 1 aliphatic heterocycles. The summed E-state index contributed by atoms with van der Waals surface area (Å²) in [6.45, 7) is 2.69. The predicted octanol–water partition coefficient (Wildman–Crippen LogP) is 4.06. The lowest BCUT2D eigenvalue weighted by atomic mass is 10.1. The van der Waals surface area contributed by atoms with E-state index in [0.717, 1.165) is 29.3 Å². The molecule has 0 saturated carbocycles. The number of amides is 2. The first kappa shape index (κ1) is 14.9. The van der Waals surface area contributed by atoms with Gasteiger partial charge in [0.2, 0.25) is 0 Å². The Morgan fingerprint density at radius 2 is 1.91 bits per heavy atom. The van der Waals surface area contributed by atoms with Crippen molar-refractivity contribution in [1.29, 1.82) is 0 Å². The van der Waals surface area contributed by atoms with Gasteiger partial charge in [-0.3, -0.25) is 0 Å². The summed E-state index contributed by atoms with van der Waals surface area (Å²) < 4.78 is 0. The van der Waals surface area contributed by atoms with E-state index in [1.54, 1.807) is 11.3 Å². The topological polar surface area (TPSA) is 44.4 Å². The first-order valence-corrected chi connectivity index (χ1v) is 8.62. The van der Waals surface area contributed by atoms with E-state index < -0.39 is 0 Å². The second-order valence-electron chi connectivity index (χ2n) is 5.45. The first-order chi connectivity index (χ1) is 10.8. The van der Waals surface area contributed by atoms with Crippen molar-refractivity contribution >= 4 is 28.7 Å². The summed E-state index contributed by atoms with van der Waals surface area (Å²) in [6.07, 6.45) is 3.74. The van der Waals surface area contributed by atoms with E-state index in [1.807, 2.05) is 35.7 Å². The maximum Gasteiger partial charge on any atom is 0.319 e. The molecular weight excluding hydrogens is 294 g/mol. The number of urea groups is 1. The van der Waals surface area contributed by atoms with Crippen LogP contribution in [0.25, 0.3) is 0 Å². The number of thiophene rings is 1. The first-order valence-electron chi connectivity index (χ1n) is 7.74. The number of rotatable bonds is 4. The number of piperidine rings is 1. The van der Waals surface area contributed by atoms with Gasteiger partial charge in [-0.25, -0.2) is 4.79 Å². The third-order valence-electron chi connectivity index (χ3n) is 3.85. The second kappa shape index (κ2) is 7.31. The van der Waals surface area contributed by atoms with Crippen LogP contribution in [-0.4, -0.2) is 19.1 Å². The highest BCUT2D eigenvalue weighted by Crippen LogP contribution is 2.28. The number of nitrogens with zero attached hydrogens (tertiary/aromatic N) is 1. The number of hydrogen-bond donors (Lipinski definition) is 2. The Bertz CT molecular complexity index is 606. The van der Waals surface area contributed by atoms with Gasteiger partial charge in [0, 0.05) is 18.0 Å². The highest BCUT2D eigenvalue weighted by Gasteiger charge is 2.15. The molecule has 2 amide bonds. The Morgan fingerprint density at radius 1 is 1.09 bits per heavy atom. The number of anilines is 2. The highest BCUT2D eigenvalue weighted by molar-refractivity contribution is 7.09. The van der Waals surface area contributed by atoms with Gasteiger partial charge < -0.3 is 15.5 Å². The molecule has 0 aliphatic carbocycles. The lowest BCUT2D eigenvalue weighted by Crippen LogP contribution is -2.32. The Morgan fingerprint density at radius 3 is 2.68 bits per heavy atom. The van der Waals surface area contributed by atoms with Crippen molar-refractivity contribution in [1.82, 2.24) is 5.32 Å². The van der Waals surface area contributed by atoms with E-state index in [4.69, 9.17) is 0 Å². The molecule has 0 bridgehead atoms. The average molecular weight is 315 g/mol. The summed E-state index contributed by atoms with van der Waals surface area (Å²) in [7, 11) is 0. The fourth-order valence-corrected chi connectivity index (χ4v) is 3.38. The molecule has 2 aromatic rings. The van der Waals surface area contributed by atoms with Crippen LogP contribution in [0.4, 0.5) is 16.2 Å². The van der Waals surface area contributed by atoms with Crippen LogP contribution in [0, 0.1) is 0 Å². The van der Waals surface area contributed by atoms with E-state index in [-0.39, 0.29) is 6.03 Å². The van der Waals surface area contributed by atoms with Gasteiger partial charge in [0.05, 0.1) is 17.9 Å². The van der Waals surface area contributed by atoms with Crippen LogP contribution >= 0.6 is 11.3 Å². The molecule has 1 fully saturated rings.